The fraction of sp³-hybridized carbons (Fsp3) is 0.278. The number of anilines is 1. The van der Waals surface area contributed by atoms with Crippen LogP contribution in [0.4, 0.5) is 5.69 Å². The van der Waals surface area contributed by atoms with Crippen molar-refractivity contribution in [1.29, 1.82) is 0 Å². The Morgan fingerprint density at radius 2 is 1.96 bits per heavy atom. The number of hydrogen-bond acceptors (Lipinski definition) is 6. The molecule has 1 heterocycles. The van der Waals surface area contributed by atoms with Crippen molar-refractivity contribution in [3.05, 3.63) is 48.0 Å². The molecule has 0 aliphatic heterocycles. The van der Waals surface area contributed by atoms with Crippen molar-refractivity contribution >= 4 is 32.5 Å². The molecular formula is C18H20N4O4S. The van der Waals surface area contributed by atoms with Gasteiger partial charge in [-0.2, -0.15) is 0 Å². The average Bonchev–Trinajstić information content (AvgIpc) is 3.02. The van der Waals surface area contributed by atoms with Crippen LogP contribution in [0.25, 0.3) is 11.0 Å². The molecule has 1 N–H and O–H groups in total. The highest BCUT2D eigenvalue weighted by molar-refractivity contribution is 7.90. The quantitative estimate of drug-likeness (QED) is 0.693. The molecule has 0 aliphatic rings. The first kappa shape index (κ1) is 18.8. The summed E-state index contributed by atoms with van der Waals surface area (Å²) in [5, 5.41) is 10.5. The summed E-state index contributed by atoms with van der Waals surface area (Å²) in [7, 11) is -3.38. The van der Waals surface area contributed by atoms with Crippen molar-refractivity contribution in [2.45, 2.75) is 24.7 Å². The number of nitrogens with zero attached hydrogens (tertiary/aromatic N) is 3. The Labute approximate surface area is 157 Å². The second kappa shape index (κ2) is 7.36. The van der Waals surface area contributed by atoms with Crippen molar-refractivity contribution in [2.75, 3.05) is 18.2 Å². The molecule has 0 atom stereocenters. The average molecular weight is 388 g/mol. The minimum absolute atomic E-state index is 0.123. The predicted octanol–water partition coefficient (Wildman–Crippen LogP) is 2.03. The van der Waals surface area contributed by atoms with Crippen molar-refractivity contribution < 1.29 is 18.0 Å². The van der Waals surface area contributed by atoms with E-state index in [2.05, 4.69) is 15.6 Å². The third kappa shape index (κ3) is 4.25. The molecule has 0 saturated carbocycles. The third-order valence-corrected chi connectivity index (χ3v) is 5.10. The molecule has 1 amide bonds. The summed E-state index contributed by atoms with van der Waals surface area (Å²) in [4.78, 5) is 18.8. The summed E-state index contributed by atoms with van der Waals surface area (Å²) in [6, 6.07) is 12.0. The van der Waals surface area contributed by atoms with E-state index in [0.717, 1.165) is 22.4 Å². The second-order valence-electron chi connectivity index (χ2n) is 6.45. The highest BCUT2D eigenvalue weighted by Crippen LogP contribution is 2.23. The Morgan fingerprint density at radius 3 is 2.67 bits per heavy atom. The number of amides is 1. The van der Waals surface area contributed by atoms with Gasteiger partial charge in [0.2, 0.25) is 0 Å². The van der Waals surface area contributed by atoms with Crippen molar-refractivity contribution in [3.63, 3.8) is 0 Å². The zero-order chi connectivity index (χ0) is 19.6. The SMILES string of the molecule is CC(C)c1ccccc1NC(=O)COn1nnc2ccc(S(C)(=O)=O)cc21. The molecule has 9 heteroatoms. The monoisotopic (exact) mass is 388 g/mol. The van der Waals surface area contributed by atoms with Crippen LogP contribution in [0.5, 0.6) is 0 Å². The maximum atomic E-state index is 12.3. The molecule has 0 fully saturated rings. The van der Waals surface area contributed by atoms with Crippen molar-refractivity contribution in [3.8, 4) is 0 Å². The Kier molecular flexibility index (Phi) is 5.13. The first-order valence-corrected chi connectivity index (χ1v) is 10.2. The molecule has 0 spiro atoms. The van der Waals surface area contributed by atoms with Crippen LogP contribution in [0.15, 0.2) is 47.4 Å². The van der Waals surface area contributed by atoms with Crippen LogP contribution in [-0.4, -0.2) is 42.3 Å². The van der Waals surface area contributed by atoms with Gasteiger partial charge in [-0.25, -0.2) is 8.42 Å². The summed E-state index contributed by atoms with van der Waals surface area (Å²) >= 11 is 0. The highest BCUT2D eigenvalue weighted by Gasteiger charge is 2.14. The van der Waals surface area contributed by atoms with Gasteiger partial charge in [-0.3, -0.25) is 4.79 Å². The molecule has 0 bridgehead atoms. The maximum Gasteiger partial charge on any atom is 0.265 e. The maximum absolute atomic E-state index is 12.3. The number of carbonyl (C=O) groups is 1. The van der Waals surface area contributed by atoms with Crippen LogP contribution in [0.1, 0.15) is 25.3 Å². The minimum Gasteiger partial charge on any atom is -0.385 e. The zero-order valence-corrected chi connectivity index (χ0v) is 16.0. The molecule has 27 heavy (non-hydrogen) atoms. The zero-order valence-electron chi connectivity index (χ0n) is 15.2. The molecule has 0 unspecified atom stereocenters. The summed E-state index contributed by atoms with van der Waals surface area (Å²) in [6.07, 6.45) is 1.11. The number of rotatable bonds is 6. The van der Waals surface area contributed by atoms with Gasteiger partial charge in [0.25, 0.3) is 5.91 Å². The number of hydrogen-bond donors (Lipinski definition) is 1. The lowest BCUT2D eigenvalue weighted by Gasteiger charge is -2.13. The van der Waals surface area contributed by atoms with Gasteiger partial charge in [0.1, 0.15) is 11.0 Å². The molecule has 0 aliphatic carbocycles. The van der Waals surface area contributed by atoms with Crippen molar-refractivity contribution in [2.24, 2.45) is 0 Å². The molecule has 8 nitrogen and oxygen atoms in total. The van der Waals surface area contributed by atoms with E-state index in [4.69, 9.17) is 4.84 Å². The van der Waals surface area contributed by atoms with Gasteiger partial charge in [-0.05, 0) is 41.0 Å². The molecule has 142 valence electrons. The van der Waals surface area contributed by atoms with Crippen LogP contribution in [-0.2, 0) is 14.6 Å². The molecule has 0 saturated heterocycles. The number of nitrogens with one attached hydrogen (secondary N) is 1. The van der Waals surface area contributed by atoms with Gasteiger partial charge in [-0.1, -0.05) is 36.9 Å². The molecular weight excluding hydrogens is 368 g/mol. The molecule has 2 aromatic carbocycles. The van der Waals surface area contributed by atoms with E-state index in [1.807, 2.05) is 38.1 Å². The smallest absolute Gasteiger partial charge is 0.265 e. The lowest BCUT2D eigenvalue weighted by atomic mass is 10.0. The van der Waals surface area contributed by atoms with Crippen LogP contribution in [0.2, 0.25) is 0 Å². The van der Waals surface area contributed by atoms with Crippen LogP contribution < -0.4 is 10.2 Å². The Balaban J connectivity index is 1.74. The number of aromatic nitrogens is 3. The first-order valence-electron chi connectivity index (χ1n) is 8.33. The van der Waals surface area contributed by atoms with E-state index >= 15 is 0 Å². The van der Waals surface area contributed by atoms with E-state index in [1.165, 1.54) is 18.2 Å². The lowest BCUT2D eigenvalue weighted by molar-refractivity contribution is -0.121. The number of carbonyl (C=O) groups excluding carboxylic acids is 1. The van der Waals surface area contributed by atoms with Gasteiger partial charge in [0, 0.05) is 11.9 Å². The predicted molar refractivity (Wildman–Crippen MR) is 101 cm³/mol. The second-order valence-corrected chi connectivity index (χ2v) is 8.46. The number of sulfone groups is 1. The van der Waals surface area contributed by atoms with E-state index in [0.29, 0.717) is 11.0 Å². The number of para-hydroxylation sites is 1. The molecule has 1 aromatic heterocycles. The van der Waals surface area contributed by atoms with Crippen LogP contribution >= 0.6 is 0 Å². The Hall–Kier alpha value is -2.94. The molecule has 3 rings (SSSR count). The van der Waals surface area contributed by atoms with Crippen LogP contribution in [0.3, 0.4) is 0 Å². The fourth-order valence-electron chi connectivity index (χ4n) is 2.62. The summed E-state index contributed by atoms with van der Waals surface area (Å²) in [5.41, 5.74) is 2.58. The van der Waals surface area contributed by atoms with Crippen molar-refractivity contribution in [1.82, 2.24) is 15.2 Å². The van der Waals surface area contributed by atoms with Gasteiger partial charge in [0.15, 0.2) is 16.4 Å². The molecule has 0 radical (unpaired) electrons. The van der Waals surface area contributed by atoms with E-state index in [-0.39, 0.29) is 23.3 Å². The third-order valence-electron chi connectivity index (χ3n) is 3.99. The summed E-state index contributed by atoms with van der Waals surface area (Å²) < 4.78 is 23.4. The fourth-order valence-corrected chi connectivity index (χ4v) is 3.27. The van der Waals surface area contributed by atoms with E-state index < -0.39 is 9.84 Å². The van der Waals surface area contributed by atoms with E-state index in [9.17, 15) is 13.2 Å². The lowest BCUT2D eigenvalue weighted by Crippen LogP contribution is -2.26. The van der Waals surface area contributed by atoms with Gasteiger partial charge < -0.3 is 10.2 Å². The van der Waals surface area contributed by atoms with Gasteiger partial charge in [-0.15, -0.1) is 5.10 Å². The van der Waals surface area contributed by atoms with Crippen LogP contribution in [0, 0.1) is 0 Å². The van der Waals surface area contributed by atoms with E-state index in [1.54, 1.807) is 0 Å². The summed E-state index contributed by atoms with van der Waals surface area (Å²) in [6.45, 7) is 3.79. The first-order chi connectivity index (χ1) is 12.8. The largest absolute Gasteiger partial charge is 0.385 e. The van der Waals surface area contributed by atoms with Gasteiger partial charge >= 0.3 is 0 Å². The minimum atomic E-state index is -3.38. The topological polar surface area (TPSA) is 103 Å². The number of benzene rings is 2. The summed E-state index contributed by atoms with van der Waals surface area (Å²) in [5.74, 6) is -0.0953. The highest BCUT2D eigenvalue weighted by atomic mass is 32.2. The molecule has 3 aromatic rings. The normalized spacial score (nSPS) is 11.7. The number of fused-ring (bicyclic) bond motifs is 1. The Morgan fingerprint density at radius 1 is 1.22 bits per heavy atom. The van der Waals surface area contributed by atoms with Gasteiger partial charge in [0.05, 0.1) is 4.90 Å². The standard InChI is InChI=1S/C18H20N4O4S/c1-12(2)14-6-4-5-7-15(14)19-18(23)11-26-22-17-10-13(27(3,24)25)8-9-16(17)20-21-22/h4-10,12H,11H2,1-3H3,(H,19,23). The Bertz CT molecular complexity index is 1090.